The van der Waals surface area contributed by atoms with Crippen molar-refractivity contribution in [2.45, 2.75) is 19.8 Å². The fraction of sp³-hybridized carbons (Fsp3) is 0.500. The second-order valence-electron chi connectivity index (χ2n) is 2.81. The van der Waals surface area contributed by atoms with E-state index in [1.807, 2.05) is 6.92 Å². The monoisotopic (exact) mass is 232 g/mol. The highest BCUT2D eigenvalue weighted by molar-refractivity contribution is 7.71. The van der Waals surface area contributed by atoms with Crippen LogP contribution in [-0.4, -0.2) is 18.7 Å². The molecule has 0 aromatic heterocycles. The van der Waals surface area contributed by atoms with Gasteiger partial charge in [-0.15, -0.1) is 13.2 Å². The van der Waals surface area contributed by atoms with Crippen LogP contribution in [-0.2, 0) is 18.4 Å². The van der Waals surface area contributed by atoms with Gasteiger partial charge in [0.1, 0.15) is 0 Å². The summed E-state index contributed by atoms with van der Waals surface area (Å²) >= 11 is 0. The standard InChI is InChI=1S/C10H17O4P/c1-4-7-10(11)15(12,13-8-5-2)14-9-6-3/h5-6H,2-4,7-9H2,1H3. The van der Waals surface area contributed by atoms with Crippen molar-refractivity contribution in [1.29, 1.82) is 0 Å². The van der Waals surface area contributed by atoms with Crippen molar-refractivity contribution in [3.05, 3.63) is 25.3 Å². The second-order valence-corrected chi connectivity index (χ2v) is 4.82. The molecule has 0 N–H and O–H groups in total. The Morgan fingerprint density at radius 2 is 1.73 bits per heavy atom. The molecular formula is C10H17O4P. The van der Waals surface area contributed by atoms with Crippen molar-refractivity contribution in [3.63, 3.8) is 0 Å². The molecule has 0 atom stereocenters. The lowest BCUT2D eigenvalue weighted by atomic mass is 10.4. The van der Waals surface area contributed by atoms with E-state index in [0.29, 0.717) is 6.42 Å². The summed E-state index contributed by atoms with van der Waals surface area (Å²) in [4.78, 5) is 11.5. The maximum Gasteiger partial charge on any atom is 0.397 e. The van der Waals surface area contributed by atoms with Gasteiger partial charge in [0, 0.05) is 6.42 Å². The van der Waals surface area contributed by atoms with Crippen molar-refractivity contribution < 1.29 is 18.4 Å². The molecule has 0 aliphatic rings. The molecule has 0 aromatic carbocycles. The lowest BCUT2D eigenvalue weighted by Crippen LogP contribution is -2.07. The smallest absolute Gasteiger partial charge is 0.299 e. The molecule has 86 valence electrons. The highest BCUT2D eigenvalue weighted by Crippen LogP contribution is 2.50. The largest absolute Gasteiger partial charge is 0.397 e. The van der Waals surface area contributed by atoms with E-state index < -0.39 is 13.1 Å². The van der Waals surface area contributed by atoms with E-state index in [1.165, 1.54) is 12.2 Å². The van der Waals surface area contributed by atoms with E-state index in [9.17, 15) is 9.36 Å². The van der Waals surface area contributed by atoms with Crippen LogP contribution >= 0.6 is 7.60 Å². The molecular weight excluding hydrogens is 215 g/mol. The van der Waals surface area contributed by atoms with E-state index in [4.69, 9.17) is 9.05 Å². The first-order valence-electron chi connectivity index (χ1n) is 4.75. The lowest BCUT2D eigenvalue weighted by molar-refractivity contribution is -0.113. The SMILES string of the molecule is C=CCOP(=O)(OCC=C)C(=O)CCC. The van der Waals surface area contributed by atoms with Gasteiger partial charge in [-0.25, -0.2) is 0 Å². The van der Waals surface area contributed by atoms with Crippen LogP contribution in [0.2, 0.25) is 0 Å². The van der Waals surface area contributed by atoms with Crippen molar-refractivity contribution in [2.24, 2.45) is 0 Å². The molecule has 0 radical (unpaired) electrons. The quantitative estimate of drug-likeness (QED) is 0.453. The minimum absolute atomic E-state index is 0.0316. The van der Waals surface area contributed by atoms with E-state index in [0.717, 1.165) is 0 Å². The Balaban J connectivity index is 4.51. The molecule has 0 spiro atoms. The van der Waals surface area contributed by atoms with Crippen molar-refractivity contribution in [1.82, 2.24) is 0 Å². The number of hydrogen-bond donors (Lipinski definition) is 0. The van der Waals surface area contributed by atoms with E-state index in [2.05, 4.69) is 13.2 Å². The van der Waals surface area contributed by atoms with Gasteiger partial charge in [0.25, 0.3) is 0 Å². The summed E-state index contributed by atoms with van der Waals surface area (Å²) < 4.78 is 21.8. The number of hydrogen-bond acceptors (Lipinski definition) is 4. The molecule has 4 nitrogen and oxygen atoms in total. The van der Waals surface area contributed by atoms with Gasteiger partial charge in [-0.3, -0.25) is 18.4 Å². The fourth-order valence-electron chi connectivity index (χ4n) is 0.834. The van der Waals surface area contributed by atoms with Crippen molar-refractivity contribution in [3.8, 4) is 0 Å². The maximum atomic E-state index is 11.9. The predicted octanol–water partition coefficient (Wildman–Crippen LogP) is 2.91. The molecule has 0 bridgehead atoms. The second kappa shape index (κ2) is 7.57. The van der Waals surface area contributed by atoms with Crippen LogP contribution in [0.3, 0.4) is 0 Å². The number of rotatable bonds is 9. The lowest BCUT2D eigenvalue weighted by Gasteiger charge is -2.14. The summed E-state index contributed by atoms with van der Waals surface area (Å²) in [5.74, 6) is 0. The van der Waals surface area contributed by atoms with Crippen LogP contribution in [0.4, 0.5) is 0 Å². The van der Waals surface area contributed by atoms with Gasteiger partial charge in [-0.05, 0) is 6.42 Å². The average molecular weight is 232 g/mol. The zero-order valence-corrected chi connectivity index (χ0v) is 9.87. The van der Waals surface area contributed by atoms with Gasteiger partial charge >= 0.3 is 7.60 Å². The zero-order chi connectivity index (χ0) is 11.7. The molecule has 0 heterocycles. The van der Waals surface area contributed by atoms with Gasteiger partial charge in [0.15, 0.2) is 0 Å². The molecule has 0 aromatic rings. The van der Waals surface area contributed by atoms with Gasteiger partial charge in [0.05, 0.1) is 13.2 Å². The molecule has 0 aliphatic heterocycles. The van der Waals surface area contributed by atoms with Gasteiger partial charge in [-0.2, -0.15) is 0 Å². The third-order valence-corrected chi connectivity index (χ3v) is 3.31. The number of carbonyl (C=O) groups excluding carboxylic acids is 1. The highest BCUT2D eigenvalue weighted by atomic mass is 31.2. The van der Waals surface area contributed by atoms with Crippen molar-refractivity contribution in [2.75, 3.05) is 13.2 Å². The summed E-state index contributed by atoms with van der Waals surface area (Å²) in [5, 5.41) is 0. The molecule has 5 heteroatoms. The van der Waals surface area contributed by atoms with Gasteiger partial charge < -0.3 is 0 Å². The average Bonchev–Trinajstić information content (AvgIpc) is 2.24. The first-order chi connectivity index (χ1) is 7.10. The summed E-state index contributed by atoms with van der Waals surface area (Å²) in [6.45, 7) is 8.72. The van der Waals surface area contributed by atoms with Gasteiger partial charge in [-0.1, -0.05) is 19.1 Å². The van der Waals surface area contributed by atoms with Crippen molar-refractivity contribution >= 4 is 13.1 Å². The van der Waals surface area contributed by atoms with E-state index >= 15 is 0 Å². The maximum absolute atomic E-state index is 11.9. The topological polar surface area (TPSA) is 52.6 Å². The van der Waals surface area contributed by atoms with Crippen LogP contribution in [0.5, 0.6) is 0 Å². The van der Waals surface area contributed by atoms with Crippen LogP contribution < -0.4 is 0 Å². The molecule has 0 aliphatic carbocycles. The minimum Gasteiger partial charge on any atom is -0.299 e. The fourth-order valence-corrected chi connectivity index (χ4v) is 2.30. The highest BCUT2D eigenvalue weighted by Gasteiger charge is 2.32. The van der Waals surface area contributed by atoms with Crippen LogP contribution in [0.1, 0.15) is 19.8 Å². The third-order valence-electron chi connectivity index (χ3n) is 1.49. The first kappa shape index (κ1) is 14.3. The summed E-state index contributed by atoms with van der Waals surface area (Å²) in [7, 11) is -3.64. The number of carbonyl (C=O) groups is 1. The Bertz CT molecular complexity index is 257. The van der Waals surface area contributed by atoms with Crippen LogP contribution in [0.15, 0.2) is 25.3 Å². The molecule has 0 fully saturated rings. The summed E-state index contributed by atoms with van der Waals surface area (Å²) in [6, 6.07) is 0. The third kappa shape index (κ3) is 5.07. The molecule has 0 amide bonds. The molecule has 0 unspecified atom stereocenters. The van der Waals surface area contributed by atoms with Crippen LogP contribution in [0, 0.1) is 0 Å². The Kier molecular flexibility index (Phi) is 7.22. The van der Waals surface area contributed by atoms with Crippen LogP contribution in [0.25, 0.3) is 0 Å². The molecule has 0 saturated heterocycles. The predicted molar refractivity (Wildman–Crippen MR) is 59.8 cm³/mol. The Hall–Kier alpha value is -0.700. The normalized spacial score (nSPS) is 11.0. The molecule has 0 saturated carbocycles. The Morgan fingerprint density at radius 1 is 1.27 bits per heavy atom. The molecule has 0 rings (SSSR count). The Morgan fingerprint density at radius 3 is 2.07 bits per heavy atom. The van der Waals surface area contributed by atoms with Gasteiger partial charge in [0.2, 0.25) is 5.52 Å². The Labute approximate surface area is 90.5 Å². The first-order valence-corrected chi connectivity index (χ1v) is 6.29. The van der Waals surface area contributed by atoms with E-state index in [-0.39, 0.29) is 19.6 Å². The zero-order valence-electron chi connectivity index (χ0n) is 8.98. The minimum atomic E-state index is -3.64. The molecule has 15 heavy (non-hydrogen) atoms. The summed E-state index contributed by atoms with van der Waals surface area (Å²) in [5.41, 5.74) is -0.492. The summed E-state index contributed by atoms with van der Waals surface area (Å²) in [6.07, 6.45) is 3.63. The van der Waals surface area contributed by atoms with E-state index in [1.54, 1.807) is 0 Å².